The Kier molecular flexibility index (Phi) is 2.25. The van der Waals surface area contributed by atoms with Crippen molar-refractivity contribution < 1.29 is 0 Å². The monoisotopic (exact) mass is 139 g/mol. The predicted octanol–water partition coefficient (Wildman–Crippen LogP) is -0.198. The lowest BCUT2D eigenvalue weighted by atomic mass is 10.1. The van der Waals surface area contributed by atoms with E-state index in [0.717, 1.165) is 13.1 Å². The maximum Gasteiger partial charge on any atom is 0.0950 e. The molecular weight excluding hydrogens is 126 g/mol. The molecule has 0 aromatic carbocycles. The summed E-state index contributed by atoms with van der Waals surface area (Å²) in [6.45, 7) is 3.99. The van der Waals surface area contributed by atoms with Crippen molar-refractivity contribution in [1.82, 2.24) is 10.2 Å². The van der Waals surface area contributed by atoms with Crippen LogP contribution in [-0.2, 0) is 0 Å². The Hall–Kier alpha value is -0.590. The number of nitrogens with zero attached hydrogens (tertiary/aromatic N) is 2. The molecule has 0 spiro atoms. The molecule has 56 valence electrons. The number of hydrogen-bond donors (Lipinski definition) is 1. The topological polar surface area (TPSA) is 39.1 Å². The van der Waals surface area contributed by atoms with Crippen LogP contribution in [0.4, 0.5) is 0 Å². The number of hydrogen-bond acceptors (Lipinski definition) is 3. The standard InChI is InChI=1S/C7H13N3/c1-6(3-8)10(2)7-4-9-5-7/h6-7,9H,4-5H2,1-2H3. The molecule has 1 rings (SSSR count). The highest BCUT2D eigenvalue weighted by atomic mass is 15.2. The molecule has 10 heavy (non-hydrogen) atoms. The molecule has 0 aromatic heterocycles. The molecule has 0 radical (unpaired) electrons. The second-order valence-electron chi connectivity index (χ2n) is 2.78. The molecule has 0 saturated carbocycles. The van der Waals surface area contributed by atoms with Gasteiger partial charge in [0, 0.05) is 19.1 Å². The molecule has 1 saturated heterocycles. The fourth-order valence-corrected chi connectivity index (χ4v) is 0.969. The maximum absolute atomic E-state index is 8.56. The summed E-state index contributed by atoms with van der Waals surface area (Å²) in [7, 11) is 2.00. The molecule has 1 aliphatic rings. The van der Waals surface area contributed by atoms with Gasteiger partial charge in [-0.3, -0.25) is 4.90 Å². The number of likely N-dealkylation sites (N-methyl/N-ethyl adjacent to an activating group) is 1. The van der Waals surface area contributed by atoms with Crippen LogP contribution in [0.2, 0.25) is 0 Å². The lowest BCUT2D eigenvalue weighted by molar-refractivity contribution is 0.161. The second kappa shape index (κ2) is 3.00. The van der Waals surface area contributed by atoms with E-state index in [-0.39, 0.29) is 6.04 Å². The first-order chi connectivity index (χ1) is 4.75. The van der Waals surface area contributed by atoms with Gasteiger partial charge in [-0.1, -0.05) is 0 Å². The number of nitriles is 1. The minimum absolute atomic E-state index is 0.0482. The van der Waals surface area contributed by atoms with Crippen LogP contribution < -0.4 is 5.32 Å². The van der Waals surface area contributed by atoms with Gasteiger partial charge in [0.1, 0.15) is 0 Å². The quantitative estimate of drug-likeness (QED) is 0.576. The van der Waals surface area contributed by atoms with E-state index in [2.05, 4.69) is 16.3 Å². The van der Waals surface area contributed by atoms with E-state index in [1.807, 2.05) is 14.0 Å². The molecule has 1 heterocycles. The molecule has 0 aliphatic carbocycles. The molecule has 0 aromatic rings. The molecule has 1 unspecified atom stereocenters. The molecule has 3 nitrogen and oxygen atoms in total. The highest BCUT2D eigenvalue weighted by Crippen LogP contribution is 2.05. The zero-order valence-corrected chi connectivity index (χ0v) is 6.46. The smallest absolute Gasteiger partial charge is 0.0950 e. The van der Waals surface area contributed by atoms with Crippen molar-refractivity contribution in [3.63, 3.8) is 0 Å². The first-order valence-electron chi connectivity index (χ1n) is 3.58. The fraction of sp³-hybridized carbons (Fsp3) is 0.857. The van der Waals surface area contributed by atoms with E-state index in [0.29, 0.717) is 6.04 Å². The SMILES string of the molecule is CC(C#N)N(C)C1CNC1. The van der Waals surface area contributed by atoms with Crippen LogP contribution in [0.25, 0.3) is 0 Å². The third-order valence-electron chi connectivity index (χ3n) is 2.13. The average molecular weight is 139 g/mol. The van der Waals surface area contributed by atoms with Gasteiger partial charge >= 0.3 is 0 Å². The van der Waals surface area contributed by atoms with Gasteiger partial charge in [-0.2, -0.15) is 5.26 Å². The summed E-state index contributed by atoms with van der Waals surface area (Å²) in [5.74, 6) is 0. The van der Waals surface area contributed by atoms with Crippen molar-refractivity contribution in [3.05, 3.63) is 0 Å². The predicted molar refractivity (Wildman–Crippen MR) is 39.5 cm³/mol. The minimum Gasteiger partial charge on any atom is -0.314 e. The summed E-state index contributed by atoms with van der Waals surface area (Å²) in [6, 6.07) is 2.84. The van der Waals surface area contributed by atoms with Crippen LogP contribution in [0.15, 0.2) is 0 Å². The minimum atomic E-state index is 0.0482. The summed E-state index contributed by atoms with van der Waals surface area (Å²) in [5.41, 5.74) is 0. The molecule has 1 atom stereocenters. The van der Waals surface area contributed by atoms with Crippen molar-refractivity contribution in [2.45, 2.75) is 19.0 Å². The van der Waals surface area contributed by atoms with Gasteiger partial charge in [-0.15, -0.1) is 0 Å². The lowest BCUT2D eigenvalue weighted by Gasteiger charge is -2.36. The molecule has 1 N–H and O–H groups in total. The maximum atomic E-state index is 8.56. The van der Waals surface area contributed by atoms with Gasteiger partial charge in [-0.25, -0.2) is 0 Å². The zero-order chi connectivity index (χ0) is 7.56. The summed E-state index contributed by atoms with van der Waals surface area (Å²) in [6.07, 6.45) is 0. The Bertz CT molecular complexity index is 145. The lowest BCUT2D eigenvalue weighted by Crippen LogP contribution is -2.57. The van der Waals surface area contributed by atoms with E-state index in [9.17, 15) is 0 Å². The largest absolute Gasteiger partial charge is 0.314 e. The Morgan fingerprint density at radius 2 is 2.30 bits per heavy atom. The van der Waals surface area contributed by atoms with Crippen molar-refractivity contribution in [3.8, 4) is 6.07 Å². The van der Waals surface area contributed by atoms with Crippen molar-refractivity contribution in [2.75, 3.05) is 20.1 Å². The van der Waals surface area contributed by atoms with Gasteiger partial charge in [0.2, 0.25) is 0 Å². The van der Waals surface area contributed by atoms with E-state index >= 15 is 0 Å². The molecule has 3 heteroatoms. The highest BCUT2D eigenvalue weighted by Gasteiger charge is 2.24. The van der Waals surface area contributed by atoms with Crippen LogP contribution >= 0.6 is 0 Å². The van der Waals surface area contributed by atoms with Crippen LogP contribution in [0.1, 0.15) is 6.92 Å². The molecule has 0 amide bonds. The van der Waals surface area contributed by atoms with E-state index in [4.69, 9.17) is 5.26 Å². The zero-order valence-electron chi connectivity index (χ0n) is 6.46. The number of nitrogens with one attached hydrogen (secondary N) is 1. The normalized spacial score (nSPS) is 21.8. The summed E-state index contributed by atoms with van der Waals surface area (Å²) >= 11 is 0. The third-order valence-corrected chi connectivity index (χ3v) is 2.13. The van der Waals surface area contributed by atoms with Gasteiger partial charge in [0.15, 0.2) is 0 Å². The molecule has 1 fully saturated rings. The van der Waals surface area contributed by atoms with Gasteiger partial charge in [0.25, 0.3) is 0 Å². The second-order valence-corrected chi connectivity index (χ2v) is 2.78. The number of rotatable bonds is 2. The van der Waals surface area contributed by atoms with Gasteiger partial charge in [-0.05, 0) is 14.0 Å². The third kappa shape index (κ3) is 1.28. The van der Waals surface area contributed by atoms with Crippen molar-refractivity contribution in [1.29, 1.82) is 5.26 Å². The van der Waals surface area contributed by atoms with Gasteiger partial charge < -0.3 is 5.32 Å². The van der Waals surface area contributed by atoms with E-state index in [1.165, 1.54) is 0 Å². The van der Waals surface area contributed by atoms with E-state index in [1.54, 1.807) is 0 Å². The Labute approximate surface area is 61.6 Å². The molecule has 1 aliphatic heterocycles. The Balaban J connectivity index is 2.33. The van der Waals surface area contributed by atoms with Crippen LogP contribution in [-0.4, -0.2) is 37.1 Å². The van der Waals surface area contributed by atoms with Crippen LogP contribution in [0, 0.1) is 11.3 Å². The van der Waals surface area contributed by atoms with Crippen molar-refractivity contribution in [2.24, 2.45) is 0 Å². The highest BCUT2D eigenvalue weighted by molar-refractivity contribution is 4.93. The summed E-state index contributed by atoms with van der Waals surface area (Å²) < 4.78 is 0. The molecular formula is C7H13N3. The summed E-state index contributed by atoms with van der Waals surface area (Å²) in [4.78, 5) is 2.11. The van der Waals surface area contributed by atoms with E-state index < -0.39 is 0 Å². The van der Waals surface area contributed by atoms with Crippen LogP contribution in [0.3, 0.4) is 0 Å². The first kappa shape index (κ1) is 7.52. The van der Waals surface area contributed by atoms with Crippen molar-refractivity contribution >= 4 is 0 Å². The fourth-order valence-electron chi connectivity index (χ4n) is 0.969. The Morgan fingerprint density at radius 3 is 2.60 bits per heavy atom. The first-order valence-corrected chi connectivity index (χ1v) is 3.58. The Morgan fingerprint density at radius 1 is 1.70 bits per heavy atom. The van der Waals surface area contributed by atoms with Crippen LogP contribution in [0.5, 0.6) is 0 Å². The summed E-state index contributed by atoms with van der Waals surface area (Å²) in [5, 5.41) is 11.7. The van der Waals surface area contributed by atoms with Gasteiger partial charge in [0.05, 0.1) is 12.1 Å². The molecule has 0 bridgehead atoms. The average Bonchev–Trinajstić information content (AvgIpc) is 1.82.